The normalized spacial score (nSPS) is 14.7. The summed E-state index contributed by atoms with van der Waals surface area (Å²) in [5.74, 6) is 0.700. The Bertz CT molecular complexity index is 291. The first-order valence-corrected chi connectivity index (χ1v) is 8.82. The third kappa shape index (κ3) is 8.44. The molecule has 0 aromatic carbocycles. The molecule has 124 valence electrons. The molecule has 0 amide bonds. The van der Waals surface area contributed by atoms with E-state index >= 15 is 0 Å². The van der Waals surface area contributed by atoms with Crippen LogP contribution in [0, 0.1) is 17.2 Å². The molecule has 0 rings (SSSR count). The predicted molar refractivity (Wildman–Crippen MR) is 92.3 cm³/mol. The van der Waals surface area contributed by atoms with Crippen molar-refractivity contribution in [1.82, 2.24) is 10.2 Å². The quantitative estimate of drug-likeness (QED) is 0.586. The van der Waals surface area contributed by atoms with Gasteiger partial charge in [0.15, 0.2) is 0 Å². The lowest BCUT2D eigenvalue weighted by atomic mass is 9.96. The highest BCUT2D eigenvalue weighted by Gasteiger charge is 2.23. The molecule has 0 heterocycles. The lowest BCUT2D eigenvalue weighted by Crippen LogP contribution is -2.43. The molecule has 1 unspecified atom stereocenters. The minimum atomic E-state index is -0.368. The summed E-state index contributed by atoms with van der Waals surface area (Å²) in [7, 11) is 0. The first kappa shape index (κ1) is 20.4. The van der Waals surface area contributed by atoms with E-state index in [4.69, 9.17) is 0 Å². The van der Waals surface area contributed by atoms with E-state index in [1.165, 1.54) is 12.8 Å². The van der Waals surface area contributed by atoms with Crippen LogP contribution >= 0.6 is 0 Å². The van der Waals surface area contributed by atoms with E-state index in [1.54, 1.807) is 0 Å². The van der Waals surface area contributed by atoms with Crippen LogP contribution in [0.2, 0.25) is 0 Å². The second kappa shape index (κ2) is 11.0. The summed E-state index contributed by atoms with van der Waals surface area (Å²) in [6.45, 7) is 16.5. The molecule has 0 fully saturated rings. The Morgan fingerprint density at radius 3 is 2.24 bits per heavy atom. The number of hydrogen-bond acceptors (Lipinski definition) is 3. The Morgan fingerprint density at radius 1 is 1.19 bits per heavy atom. The topological polar surface area (TPSA) is 39.1 Å². The van der Waals surface area contributed by atoms with Crippen molar-refractivity contribution in [3.05, 3.63) is 0 Å². The summed E-state index contributed by atoms with van der Waals surface area (Å²) >= 11 is 0. The van der Waals surface area contributed by atoms with Crippen LogP contribution in [0.1, 0.15) is 73.6 Å². The fourth-order valence-electron chi connectivity index (χ4n) is 2.92. The molecule has 21 heavy (non-hydrogen) atoms. The zero-order valence-electron chi connectivity index (χ0n) is 15.2. The summed E-state index contributed by atoms with van der Waals surface area (Å²) in [4.78, 5) is 2.63. The Kier molecular flexibility index (Phi) is 10.7. The first-order chi connectivity index (χ1) is 9.92. The van der Waals surface area contributed by atoms with Gasteiger partial charge in [-0.25, -0.2) is 0 Å². The zero-order valence-corrected chi connectivity index (χ0v) is 15.2. The molecule has 0 saturated heterocycles. The number of rotatable bonds is 12. The van der Waals surface area contributed by atoms with Crippen molar-refractivity contribution in [2.24, 2.45) is 5.92 Å². The number of hydrogen-bond donors (Lipinski definition) is 1. The number of nitrogens with one attached hydrogen (secondary N) is 1. The van der Waals surface area contributed by atoms with Crippen molar-refractivity contribution < 1.29 is 0 Å². The van der Waals surface area contributed by atoms with E-state index in [1.807, 2.05) is 6.92 Å². The van der Waals surface area contributed by atoms with Gasteiger partial charge in [-0.1, -0.05) is 34.6 Å². The van der Waals surface area contributed by atoms with Gasteiger partial charge in [0.05, 0.1) is 6.07 Å². The van der Waals surface area contributed by atoms with E-state index in [9.17, 15) is 5.26 Å². The van der Waals surface area contributed by atoms with Gasteiger partial charge in [0.25, 0.3) is 0 Å². The van der Waals surface area contributed by atoms with E-state index in [-0.39, 0.29) is 5.54 Å². The van der Waals surface area contributed by atoms with Crippen molar-refractivity contribution in [3.8, 4) is 6.07 Å². The van der Waals surface area contributed by atoms with Crippen molar-refractivity contribution in [2.45, 2.75) is 85.2 Å². The summed E-state index contributed by atoms with van der Waals surface area (Å²) in [6, 6.07) is 3.14. The van der Waals surface area contributed by atoms with E-state index in [2.05, 4.69) is 50.9 Å². The van der Waals surface area contributed by atoms with Crippen molar-refractivity contribution in [1.29, 1.82) is 5.26 Å². The maximum Gasteiger partial charge on any atom is 0.103 e. The molecular weight excluding hydrogens is 258 g/mol. The molecule has 0 aliphatic carbocycles. The maximum atomic E-state index is 9.40. The molecule has 0 radical (unpaired) electrons. The van der Waals surface area contributed by atoms with Crippen molar-refractivity contribution in [2.75, 3.05) is 19.6 Å². The van der Waals surface area contributed by atoms with Crippen LogP contribution in [-0.4, -0.2) is 36.1 Å². The Labute approximate surface area is 133 Å². The maximum absolute atomic E-state index is 9.40. The van der Waals surface area contributed by atoms with Gasteiger partial charge in [-0.3, -0.25) is 5.32 Å². The lowest BCUT2D eigenvalue weighted by molar-refractivity contribution is 0.159. The van der Waals surface area contributed by atoms with Gasteiger partial charge in [-0.05, 0) is 58.0 Å². The molecular formula is C18H37N3. The standard InChI is InChI=1S/C18H37N3/c1-7-12-20-18(6,15-19)11-10-13-21(14-16(4)5)17(8-2)9-3/h16-17,20H,7-14H2,1-6H3. The van der Waals surface area contributed by atoms with Gasteiger partial charge in [0, 0.05) is 12.6 Å². The summed E-state index contributed by atoms with van der Waals surface area (Å²) < 4.78 is 0. The minimum Gasteiger partial charge on any atom is -0.300 e. The average Bonchev–Trinajstić information content (AvgIpc) is 2.45. The van der Waals surface area contributed by atoms with Crippen molar-refractivity contribution in [3.63, 3.8) is 0 Å². The first-order valence-electron chi connectivity index (χ1n) is 8.82. The monoisotopic (exact) mass is 295 g/mol. The van der Waals surface area contributed by atoms with Gasteiger partial charge >= 0.3 is 0 Å². The van der Waals surface area contributed by atoms with Crippen LogP contribution in [0.3, 0.4) is 0 Å². The molecule has 1 atom stereocenters. The Morgan fingerprint density at radius 2 is 1.81 bits per heavy atom. The highest BCUT2D eigenvalue weighted by Crippen LogP contribution is 2.16. The molecule has 0 aliphatic rings. The van der Waals surface area contributed by atoms with Crippen LogP contribution in [-0.2, 0) is 0 Å². The number of nitrogens with zero attached hydrogens (tertiary/aromatic N) is 2. The molecule has 0 aromatic rings. The van der Waals surface area contributed by atoms with E-state index in [0.29, 0.717) is 12.0 Å². The fraction of sp³-hybridized carbons (Fsp3) is 0.944. The van der Waals surface area contributed by atoms with Gasteiger partial charge in [0.2, 0.25) is 0 Å². The predicted octanol–water partition coefficient (Wildman–Crippen LogP) is 4.20. The molecule has 3 heteroatoms. The van der Waals surface area contributed by atoms with E-state index in [0.717, 1.165) is 38.9 Å². The fourth-order valence-corrected chi connectivity index (χ4v) is 2.92. The van der Waals surface area contributed by atoms with Gasteiger partial charge in [-0.2, -0.15) is 5.26 Å². The van der Waals surface area contributed by atoms with Crippen molar-refractivity contribution >= 4 is 0 Å². The summed E-state index contributed by atoms with van der Waals surface area (Å²) in [5, 5.41) is 12.8. The SMILES string of the molecule is CCCNC(C)(C#N)CCCN(CC(C)C)C(CC)CC. The van der Waals surface area contributed by atoms with Gasteiger partial charge < -0.3 is 4.90 Å². The largest absolute Gasteiger partial charge is 0.300 e. The molecule has 0 aromatic heterocycles. The van der Waals surface area contributed by atoms with Crippen LogP contribution in [0.5, 0.6) is 0 Å². The third-order valence-electron chi connectivity index (χ3n) is 4.19. The van der Waals surface area contributed by atoms with Gasteiger partial charge in [-0.15, -0.1) is 0 Å². The van der Waals surface area contributed by atoms with Crippen LogP contribution in [0.15, 0.2) is 0 Å². The average molecular weight is 296 g/mol. The highest BCUT2D eigenvalue weighted by molar-refractivity contribution is 5.03. The second-order valence-corrected chi connectivity index (χ2v) is 6.83. The molecule has 0 bridgehead atoms. The molecule has 0 saturated carbocycles. The lowest BCUT2D eigenvalue weighted by Gasteiger charge is -2.33. The smallest absolute Gasteiger partial charge is 0.103 e. The van der Waals surface area contributed by atoms with Crippen LogP contribution in [0.4, 0.5) is 0 Å². The van der Waals surface area contributed by atoms with E-state index < -0.39 is 0 Å². The Balaban J connectivity index is 4.43. The molecule has 1 N–H and O–H groups in total. The minimum absolute atomic E-state index is 0.368. The third-order valence-corrected chi connectivity index (χ3v) is 4.19. The highest BCUT2D eigenvalue weighted by atomic mass is 15.2. The van der Waals surface area contributed by atoms with Gasteiger partial charge in [0.1, 0.15) is 5.54 Å². The van der Waals surface area contributed by atoms with Crippen LogP contribution in [0.25, 0.3) is 0 Å². The van der Waals surface area contributed by atoms with Crippen LogP contribution < -0.4 is 5.32 Å². The summed E-state index contributed by atoms with van der Waals surface area (Å²) in [5.41, 5.74) is -0.368. The molecule has 0 spiro atoms. The molecule has 0 aliphatic heterocycles. The number of nitriles is 1. The zero-order chi connectivity index (χ0) is 16.3. The summed E-state index contributed by atoms with van der Waals surface area (Å²) in [6.07, 6.45) is 5.52. The Hall–Kier alpha value is -0.590. The second-order valence-electron chi connectivity index (χ2n) is 6.83. The molecule has 3 nitrogen and oxygen atoms in total.